The molecule has 2 saturated heterocycles. The molecule has 1 N–H and O–H groups in total. The Hall–Kier alpha value is -0.610. The fraction of sp³-hybridized carbons (Fsp3) is 0.917. The molecule has 2 rings (SSSR count). The van der Waals surface area contributed by atoms with E-state index in [0.717, 1.165) is 39.1 Å². The van der Waals surface area contributed by atoms with Crippen LogP contribution in [0.25, 0.3) is 0 Å². The van der Waals surface area contributed by atoms with E-state index in [1.54, 1.807) is 0 Å². The van der Waals surface area contributed by atoms with Gasteiger partial charge in [0.2, 0.25) is 0 Å². The van der Waals surface area contributed by atoms with Gasteiger partial charge in [0.15, 0.2) is 0 Å². The van der Waals surface area contributed by atoms with Gasteiger partial charge in [-0.3, -0.25) is 4.79 Å². The van der Waals surface area contributed by atoms with E-state index in [-0.39, 0.29) is 12.0 Å². The molecule has 0 radical (unpaired) electrons. The van der Waals surface area contributed by atoms with Crippen LogP contribution in [0.2, 0.25) is 0 Å². The summed E-state index contributed by atoms with van der Waals surface area (Å²) in [4.78, 5) is 14.2. The van der Waals surface area contributed by atoms with Crippen molar-refractivity contribution in [2.45, 2.75) is 25.9 Å². The number of ether oxygens (including phenoxy) is 1. The number of nitrogens with zero attached hydrogens (tertiary/aromatic N) is 1. The summed E-state index contributed by atoms with van der Waals surface area (Å²) in [6.07, 6.45) is 1.96. The summed E-state index contributed by atoms with van der Waals surface area (Å²) in [5.41, 5.74) is 0. The maximum absolute atomic E-state index is 12.2. The van der Waals surface area contributed by atoms with Crippen molar-refractivity contribution in [1.29, 1.82) is 0 Å². The number of hydrogen-bond donors (Lipinski definition) is 1. The average molecular weight is 226 g/mol. The molecule has 1 amide bonds. The molecule has 0 saturated carbocycles. The molecule has 0 aromatic carbocycles. The van der Waals surface area contributed by atoms with Crippen LogP contribution in [0.4, 0.5) is 0 Å². The number of rotatable bonds is 3. The Morgan fingerprint density at radius 3 is 2.94 bits per heavy atom. The first-order valence-electron chi connectivity index (χ1n) is 6.27. The standard InChI is InChI=1S/C12H22N2O2/c1-9-4-6-16-11(9)12(15)14-5-3-10(8-14)7-13-2/h9-11,13H,3-8H2,1-2H3. The lowest BCUT2D eigenvalue weighted by molar-refractivity contribution is -0.141. The minimum atomic E-state index is -0.173. The molecule has 0 bridgehead atoms. The lowest BCUT2D eigenvalue weighted by atomic mass is 10.0. The third kappa shape index (κ3) is 2.38. The molecule has 3 atom stereocenters. The van der Waals surface area contributed by atoms with Gasteiger partial charge in [-0.2, -0.15) is 0 Å². The van der Waals surface area contributed by atoms with Gasteiger partial charge in [-0.05, 0) is 38.3 Å². The van der Waals surface area contributed by atoms with Gasteiger partial charge in [0.1, 0.15) is 6.10 Å². The largest absolute Gasteiger partial charge is 0.368 e. The smallest absolute Gasteiger partial charge is 0.251 e. The van der Waals surface area contributed by atoms with Crippen LogP contribution in [0.1, 0.15) is 19.8 Å². The molecule has 16 heavy (non-hydrogen) atoms. The number of carbonyl (C=O) groups is 1. The fourth-order valence-corrected chi connectivity index (χ4v) is 2.68. The summed E-state index contributed by atoms with van der Waals surface area (Å²) in [5.74, 6) is 1.21. The molecule has 0 aromatic heterocycles. The van der Waals surface area contributed by atoms with Gasteiger partial charge in [-0.1, -0.05) is 6.92 Å². The third-order valence-electron chi connectivity index (χ3n) is 3.72. The Balaban J connectivity index is 1.86. The Morgan fingerprint density at radius 1 is 1.50 bits per heavy atom. The van der Waals surface area contributed by atoms with Crippen molar-refractivity contribution in [3.63, 3.8) is 0 Å². The van der Waals surface area contributed by atoms with Crippen LogP contribution < -0.4 is 5.32 Å². The van der Waals surface area contributed by atoms with Gasteiger partial charge in [0, 0.05) is 19.7 Å². The van der Waals surface area contributed by atoms with Crippen molar-refractivity contribution in [3.05, 3.63) is 0 Å². The van der Waals surface area contributed by atoms with Crippen LogP contribution in [-0.2, 0) is 9.53 Å². The predicted octanol–water partition coefficient (Wildman–Crippen LogP) is 0.479. The van der Waals surface area contributed by atoms with Gasteiger partial charge in [0.25, 0.3) is 5.91 Å². The molecular formula is C12H22N2O2. The Kier molecular flexibility index (Phi) is 3.82. The molecule has 2 heterocycles. The van der Waals surface area contributed by atoms with E-state index in [0.29, 0.717) is 11.8 Å². The van der Waals surface area contributed by atoms with Gasteiger partial charge in [0.05, 0.1) is 0 Å². The van der Waals surface area contributed by atoms with Crippen LogP contribution in [0.3, 0.4) is 0 Å². The summed E-state index contributed by atoms with van der Waals surface area (Å²) in [7, 11) is 1.96. The highest BCUT2D eigenvalue weighted by molar-refractivity contribution is 5.81. The zero-order valence-electron chi connectivity index (χ0n) is 10.2. The summed E-state index contributed by atoms with van der Waals surface area (Å²) >= 11 is 0. The van der Waals surface area contributed by atoms with E-state index in [1.165, 1.54) is 0 Å². The maximum atomic E-state index is 12.2. The van der Waals surface area contributed by atoms with Crippen molar-refractivity contribution in [2.75, 3.05) is 33.3 Å². The highest BCUT2D eigenvalue weighted by atomic mass is 16.5. The summed E-state index contributed by atoms with van der Waals surface area (Å²) < 4.78 is 5.53. The molecule has 4 nitrogen and oxygen atoms in total. The van der Waals surface area contributed by atoms with Crippen molar-refractivity contribution in [1.82, 2.24) is 10.2 Å². The lowest BCUT2D eigenvalue weighted by Gasteiger charge is -2.22. The minimum absolute atomic E-state index is 0.173. The topological polar surface area (TPSA) is 41.6 Å². The quantitative estimate of drug-likeness (QED) is 0.761. The summed E-state index contributed by atoms with van der Waals surface area (Å²) in [6, 6.07) is 0. The van der Waals surface area contributed by atoms with E-state index in [4.69, 9.17) is 4.74 Å². The Labute approximate surface area is 97.3 Å². The summed E-state index contributed by atoms with van der Waals surface area (Å²) in [6.45, 7) is 5.65. The first-order valence-corrected chi connectivity index (χ1v) is 6.27. The van der Waals surface area contributed by atoms with E-state index in [9.17, 15) is 4.79 Å². The van der Waals surface area contributed by atoms with Crippen molar-refractivity contribution < 1.29 is 9.53 Å². The second-order valence-electron chi connectivity index (χ2n) is 5.05. The molecular weight excluding hydrogens is 204 g/mol. The predicted molar refractivity (Wildman–Crippen MR) is 62.1 cm³/mol. The zero-order chi connectivity index (χ0) is 11.5. The normalized spacial score (nSPS) is 34.6. The Bertz CT molecular complexity index is 257. The van der Waals surface area contributed by atoms with Crippen LogP contribution in [-0.4, -0.2) is 50.2 Å². The summed E-state index contributed by atoms with van der Waals surface area (Å²) in [5, 5.41) is 3.18. The number of likely N-dealkylation sites (tertiary alicyclic amines) is 1. The second-order valence-corrected chi connectivity index (χ2v) is 5.05. The molecule has 4 heteroatoms. The number of hydrogen-bond acceptors (Lipinski definition) is 3. The molecule has 92 valence electrons. The number of carbonyl (C=O) groups excluding carboxylic acids is 1. The molecule has 2 aliphatic heterocycles. The van der Waals surface area contributed by atoms with E-state index < -0.39 is 0 Å². The molecule has 3 unspecified atom stereocenters. The molecule has 2 aliphatic rings. The molecule has 0 aliphatic carbocycles. The number of amides is 1. The van der Waals surface area contributed by atoms with Gasteiger partial charge < -0.3 is 15.0 Å². The second kappa shape index (κ2) is 5.15. The first kappa shape index (κ1) is 11.9. The molecule has 0 spiro atoms. The SMILES string of the molecule is CNCC1CCN(C(=O)C2OCCC2C)C1. The highest BCUT2D eigenvalue weighted by Gasteiger charge is 2.36. The maximum Gasteiger partial charge on any atom is 0.251 e. The zero-order valence-corrected chi connectivity index (χ0v) is 10.2. The van der Waals surface area contributed by atoms with Crippen molar-refractivity contribution in [2.24, 2.45) is 11.8 Å². The van der Waals surface area contributed by atoms with Crippen LogP contribution in [0.15, 0.2) is 0 Å². The average Bonchev–Trinajstić information content (AvgIpc) is 2.87. The lowest BCUT2D eigenvalue weighted by Crippen LogP contribution is -2.40. The van der Waals surface area contributed by atoms with Crippen LogP contribution in [0, 0.1) is 11.8 Å². The van der Waals surface area contributed by atoms with Crippen molar-refractivity contribution in [3.8, 4) is 0 Å². The molecule has 2 fully saturated rings. The van der Waals surface area contributed by atoms with Crippen LogP contribution >= 0.6 is 0 Å². The monoisotopic (exact) mass is 226 g/mol. The van der Waals surface area contributed by atoms with E-state index >= 15 is 0 Å². The van der Waals surface area contributed by atoms with E-state index in [2.05, 4.69) is 12.2 Å². The first-order chi connectivity index (χ1) is 7.72. The van der Waals surface area contributed by atoms with Gasteiger partial charge in [-0.25, -0.2) is 0 Å². The highest BCUT2D eigenvalue weighted by Crippen LogP contribution is 2.24. The third-order valence-corrected chi connectivity index (χ3v) is 3.72. The van der Waals surface area contributed by atoms with Gasteiger partial charge in [-0.15, -0.1) is 0 Å². The van der Waals surface area contributed by atoms with E-state index in [1.807, 2.05) is 11.9 Å². The minimum Gasteiger partial charge on any atom is -0.368 e. The van der Waals surface area contributed by atoms with Crippen molar-refractivity contribution >= 4 is 5.91 Å². The van der Waals surface area contributed by atoms with Crippen LogP contribution in [0.5, 0.6) is 0 Å². The fourth-order valence-electron chi connectivity index (χ4n) is 2.68. The van der Waals surface area contributed by atoms with Gasteiger partial charge >= 0.3 is 0 Å². The molecule has 0 aromatic rings. The Morgan fingerprint density at radius 2 is 2.31 bits per heavy atom. The number of nitrogens with one attached hydrogen (secondary N) is 1.